The van der Waals surface area contributed by atoms with E-state index in [1.165, 1.54) is 18.2 Å². The molecule has 0 heterocycles. The van der Waals surface area contributed by atoms with Crippen LogP contribution in [-0.2, 0) is 21.1 Å². The Hall–Kier alpha value is -0.650. The van der Waals surface area contributed by atoms with Crippen LogP contribution in [0.3, 0.4) is 0 Å². The number of aliphatic hydroxyl groups is 1. The Morgan fingerprint density at radius 2 is 2.19 bits per heavy atom. The third kappa shape index (κ3) is 2.07. The van der Waals surface area contributed by atoms with Gasteiger partial charge in [-0.15, -0.1) is 0 Å². The van der Waals surface area contributed by atoms with Crippen molar-refractivity contribution in [3.8, 4) is 0 Å². The van der Waals surface area contributed by atoms with Crippen LogP contribution >= 0.6 is 10.7 Å². The summed E-state index contributed by atoms with van der Waals surface area (Å²) in [5.41, 5.74) is -0.847. The Kier molecular flexibility index (Phi) is 2.72. The number of benzene rings is 1. The summed E-state index contributed by atoms with van der Waals surface area (Å²) in [7, 11) is 1.31. The van der Waals surface area contributed by atoms with Gasteiger partial charge >= 0.3 is 0 Å². The highest BCUT2D eigenvalue weighted by Crippen LogP contribution is 2.39. The quantitative estimate of drug-likeness (QED) is 0.824. The third-order valence-electron chi connectivity index (χ3n) is 2.82. The maximum Gasteiger partial charge on any atom is 0.235 e. The van der Waals surface area contributed by atoms with Crippen molar-refractivity contribution in [2.75, 3.05) is 5.75 Å². The first-order valence-corrected chi connectivity index (χ1v) is 7.22. The average molecular weight is 265 g/mol. The van der Waals surface area contributed by atoms with Gasteiger partial charge in [-0.1, -0.05) is 12.1 Å². The van der Waals surface area contributed by atoms with E-state index in [1.807, 2.05) is 0 Å². The van der Waals surface area contributed by atoms with Gasteiger partial charge in [-0.25, -0.2) is 12.8 Å². The van der Waals surface area contributed by atoms with Gasteiger partial charge in [0, 0.05) is 10.7 Å². The fraction of sp³-hybridized carbons (Fsp3) is 0.400. The summed E-state index contributed by atoms with van der Waals surface area (Å²) in [5, 5.41) is 10.2. The molecule has 0 spiro atoms. The highest BCUT2D eigenvalue weighted by atomic mass is 35.7. The summed E-state index contributed by atoms with van der Waals surface area (Å²) in [5.74, 6) is -1.00. The van der Waals surface area contributed by atoms with Crippen molar-refractivity contribution in [1.82, 2.24) is 0 Å². The molecule has 6 heteroatoms. The zero-order valence-corrected chi connectivity index (χ0v) is 9.85. The smallest absolute Gasteiger partial charge is 0.235 e. The molecule has 1 N–H and O–H groups in total. The zero-order chi connectivity index (χ0) is 12.0. The van der Waals surface area contributed by atoms with Gasteiger partial charge in [0.25, 0.3) is 0 Å². The van der Waals surface area contributed by atoms with E-state index in [1.54, 1.807) is 0 Å². The van der Waals surface area contributed by atoms with E-state index < -0.39 is 26.2 Å². The lowest BCUT2D eigenvalue weighted by atomic mass is 9.98. The average Bonchev–Trinajstić information content (AvgIpc) is 2.42. The molecule has 0 aliphatic heterocycles. The fourth-order valence-electron chi connectivity index (χ4n) is 2.15. The highest BCUT2D eigenvalue weighted by molar-refractivity contribution is 8.13. The first-order chi connectivity index (χ1) is 7.32. The summed E-state index contributed by atoms with van der Waals surface area (Å²) >= 11 is 0. The molecule has 0 amide bonds. The summed E-state index contributed by atoms with van der Waals surface area (Å²) in [4.78, 5) is 0. The fourth-order valence-corrected chi connectivity index (χ4v) is 3.56. The van der Waals surface area contributed by atoms with Crippen molar-refractivity contribution in [2.24, 2.45) is 0 Å². The lowest BCUT2D eigenvalue weighted by molar-refractivity contribution is 0.0633. The molecule has 2 rings (SSSR count). The SMILES string of the molecule is O=S(=O)(Cl)CC1(O)CCc2c(F)cccc21. The van der Waals surface area contributed by atoms with E-state index in [0.717, 1.165) is 0 Å². The molecule has 1 aromatic carbocycles. The number of halogens is 2. The second kappa shape index (κ2) is 3.68. The van der Waals surface area contributed by atoms with Gasteiger partial charge in [0.05, 0.1) is 5.75 Å². The topological polar surface area (TPSA) is 54.4 Å². The van der Waals surface area contributed by atoms with Crippen molar-refractivity contribution >= 4 is 19.7 Å². The maximum absolute atomic E-state index is 13.4. The Balaban J connectivity index is 2.47. The van der Waals surface area contributed by atoms with Gasteiger partial charge in [0.1, 0.15) is 11.4 Å². The van der Waals surface area contributed by atoms with E-state index in [2.05, 4.69) is 0 Å². The molecule has 0 bridgehead atoms. The van der Waals surface area contributed by atoms with Crippen LogP contribution in [0.15, 0.2) is 18.2 Å². The van der Waals surface area contributed by atoms with E-state index in [0.29, 0.717) is 17.5 Å². The first-order valence-electron chi connectivity index (χ1n) is 4.74. The third-order valence-corrected chi connectivity index (χ3v) is 3.97. The first kappa shape index (κ1) is 11.8. The van der Waals surface area contributed by atoms with Crippen molar-refractivity contribution in [2.45, 2.75) is 18.4 Å². The molecular weight excluding hydrogens is 255 g/mol. The van der Waals surface area contributed by atoms with Crippen molar-refractivity contribution < 1.29 is 17.9 Å². The summed E-state index contributed by atoms with van der Waals surface area (Å²) in [6.45, 7) is 0. The number of hydrogen-bond acceptors (Lipinski definition) is 3. The summed E-state index contributed by atoms with van der Waals surface area (Å²) in [6, 6.07) is 4.28. The molecule has 16 heavy (non-hydrogen) atoms. The second-order valence-electron chi connectivity index (χ2n) is 3.98. The van der Waals surface area contributed by atoms with Crippen LogP contribution in [0.1, 0.15) is 17.5 Å². The van der Waals surface area contributed by atoms with E-state index in [9.17, 15) is 17.9 Å². The van der Waals surface area contributed by atoms with Gasteiger partial charge < -0.3 is 5.11 Å². The number of rotatable bonds is 2. The molecule has 0 fully saturated rings. The lowest BCUT2D eigenvalue weighted by Gasteiger charge is -2.21. The molecule has 1 unspecified atom stereocenters. The Bertz CT molecular complexity index is 529. The molecule has 3 nitrogen and oxygen atoms in total. The molecule has 0 saturated carbocycles. The van der Waals surface area contributed by atoms with Gasteiger partial charge in [0.15, 0.2) is 0 Å². The number of fused-ring (bicyclic) bond motifs is 1. The largest absolute Gasteiger partial charge is 0.384 e. The monoisotopic (exact) mass is 264 g/mol. The van der Waals surface area contributed by atoms with E-state index >= 15 is 0 Å². The van der Waals surface area contributed by atoms with Crippen LogP contribution < -0.4 is 0 Å². The van der Waals surface area contributed by atoms with Crippen molar-refractivity contribution in [1.29, 1.82) is 0 Å². The predicted octanol–water partition coefficient (Wildman–Crippen LogP) is 1.53. The molecule has 0 saturated heterocycles. The van der Waals surface area contributed by atoms with E-state index in [-0.39, 0.29) is 6.42 Å². The molecule has 1 atom stereocenters. The van der Waals surface area contributed by atoms with Crippen molar-refractivity contribution in [3.05, 3.63) is 35.1 Å². The Labute approximate surface area is 97.3 Å². The van der Waals surface area contributed by atoms with Crippen molar-refractivity contribution in [3.63, 3.8) is 0 Å². The van der Waals surface area contributed by atoms with Gasteiger partial charge in [-0.3, -0.25) is 0 Å². The van der Waals surface area contributed by atoms with Crippen LogP contribution in [0.4, 0.5) is 4.39 Å². The highest BCUT2D eigenvalue weighted by Gasteiger charge is 2.41. The lowest BCUT2D eigenvalue weighted by Crippen LogP contribution is -2.30. The second-order valence-corrected chi connectivity index (χ2v) is 6.76. The van der Waals surface area contributed by atoms with Crippen LogP contribution in [-0.4, -0.2) is 19.3 Å². The minimum absolute atomic E-state index is 0.176. The zero-order valence-electron chi connectivity index (χ0n) is 8.28. The normalized spacial score (nSPS) is 24.4. The molecule has 1 aliphatic carbocycles. The Morgan fingerprint density at radius 1 is 1.50 bits per heavy atom. The summed E-state index contributed by atoms with van der Waals surface area (Å²) in [6.07, 6.45) is 0.500. The Morgan fingerprint density at radius 3 is 2.81 bits per heavy atom. The molecule has 0 radical (unpaired) electrons. The molecule has 1 aromatic rings. The predicted molar refractivity (Wildman–Crippen MR) is 58.3 cm³/mol. The molecule has 1 aliphatic rings. The number of hydrogen-bond donors (Lipinski definition) is 1. The van der Waals surface area contributed by atoms with Crippen LogP contribution in [0.25, 0.3) is 0 Å². The van der Waals surface area contributed by atoms with Gasteiger partial charge in [-0.2, -0.15) is 0 Å². The van der Waals surface area contributed by atoms with Crippen LogP contribution in [0.5, 0.6) is 0 Å². The van der Waals surface area contributed by atoms with Gasteiger partial charge in [0.2, 0.25) is 9.05 Å². The maximum atomic E-state index is 13.4. The molecular formula is C10H10ClFO3S. The minimum atomic E-state index is -3.82. The standard InChI is InChI=1S/C10H10ClFO3S/c11-16(14,15)6-10(13)5-4-7-8(10)2-1-3-9(7)12/h1-3,13H,4-6H2. The van der Waals surface area contributed by atoms with Crippen LogP contribution in [0.2, 0.25) is 0 Å². The van der Waals surface area contributed by atoms with Crippen LogP contribution in [0, 0.1) is 5.82 Å². The van der Waals surface area contributed by atoms with E-state index in [4.69, 9.17) is 10.7 Å². The summed E-state index contributed by atoms with van der Waals surface area (Å²) < 4.78 is 35.4. The molecule has 0 aromatic heterocycles. The molecule has 88 valence electrons. The van der Waals surface area contributed by atoms with Gasteiger partial charge in [-0.05, 0) is 30.0 Å². The minimum Gasteiger partial charge on any atom is -0.384 e.